The third-order valence-electron chi connectivity index (χ3n) is 5.57. The van der Waals surface area contributed by atoms with Crippen LogP contribution < -0.4 is 9.47 Å². The van der Waals surface area contributed by atoms with Gasteiger partial charge in [-0.05, 0) is 67.1 Å². The summed E-state index contributed by atoms with van der Waals surface area (Å²) in [5.74, 6) is 1.62. The van der Waals surface area contributed by atoms with E-state index in [0.29, 0.717) is 29.6 Å². The standard InChI is InChI=1S/C25H27N3O3/c1-30-23-10-9-21(15-24(23)31-18-22-8-2-3-12-27-22)25(29)28-13-5-7-20(17-28)14-19-6-4-11-26-16-19/h2-4,6,8-12,15-16,20H,5,7,13-14,17-18H2,1H3/t20-/m0/s1. The third-order valence-corrected chi connectivity index (χ3v) is 5.57. The van der Waals surface area contributed by atoms with E-state index in [1.54, 1.807) is 37.7 Å². The predicted octanol–water partition coefficient (Wildman–Crippen LogP) is 4.16. The molecule has 1 aromatic carbocycles. The second-order valence-electron chi connectivity index (χ2n) is 7.80. The van der Waals surface area contributed by atoms with Crippen LogP contribution in [0.1, 0.15) is 34.5 Å². The average Bonchev–Trinajstić information content (AvgIpc) is 2.83. The molecule has 1 saturated heterocycles. The lowest BCUT2D eigenvalue weighted by atomic mass is 9.91. The largest absolute Gasteiger partial charge is 0.493 e. The normalized spacial score (nSPS) is 16.0. The molecule has 1 atom stereocenters. The predicted molar refractivity (Wildman–Crippen MR) is 118 cm³/mol. The molecule has 0 spiro atoms. The van der Waals surface area contributed by atoms with Crippen molar-refractivity contribution in [1.29, 1.82) is 0 Å². The number of hydrogen-bond donors (Lipinski definition) is 0. The van der Waals surface area contributed by atoms with Gasteiger partial charge in [-0.2, -0.15) is 0 Å². The molecule has 1 amide bonds. The first kappa shape index (κ1) is 20.8. The van der Waals surface area contributed by atoms with Crippen LogP contribution in [0.5, 0.6) is 11.5 Å². The van der Waals surface area contributed by atoms with Crippen LogP contribution >= 0.6 is 0 Å². The van der Waals surface area contributed by atoms with Gasteiger partial charge >= 0.3 is 0 Å². The zero-order chi connectivity index (χ0) is 21.5. The van der Waals surface area contributed by atoms with Gasteiger partial charge in [-0.3, -0.25) is 14.8 Å². The van der Waals surface area contributed by atoms with Crippen LogP contribution in [0.15, 0.2) is 67.1 Å². The Balaban J connectivity index is 1.44. The van der Waals surface area contributed by atoms with E-state index >= 15 is 0 Å². The Morgan fingerprint density at radius 3 is 2.84 bits per heavy atom. The Labute approximate surface area is 182 Å². The van der Waals surface area contributed by atoms with E-state index in [4.69, 9.17) is 9.47 Å². The molecule has 0 N–H and O–H groups in total. The molecule has 4 rings (SSSR count). The monoisotopic (exact) mass is 417 g/mol. The minimum absolute atomic E-state index is 0.0289. The van der Waals surface area contributed by atoms with Crippen molar-refractivity contribution in [1.82, 2.24) is 14.9 Å². The number of nitrogens with zero attached hydrogens (tertiary/aromatic N) is 3. The number of carbonyl (C=O) groups excluding carboxylic acids is 1. The van der Waals surface area contributed by atoms with Crippen LogP contribution in [-0.4, -0.2) is 41.0 Å². The number of rotatable bonds is 7. The number of piperidine rings is 1. The summed E-state index contributed by atoms with van der Waals surface area (Å²) in [7, 11) is 1.60. The minimum Gasteiger partial charge on any atom is -0.493 e. The highest BCUT2D eigenvalue weighted by atomic mass is 16.5. The summed E-state index contributed by atoms with van der Waals surface area (Å²) in [5.41, 5.74) is 2.64. The summed E-state index contributed by atoms with van der Waals surface area (Å²) in [6.45, 7) is 1.84. The van der Waals surface area contributed by atoms with Crippen LogP contribution in [0.3, 0.4) is 0 Å². The maximum absolute atomic E-state index is 13.2. The molecule has 2 aromatic heterocycles. The molecule has 6 heteroatoms. The fourth-order valence-electron chi connectivity index (χ4n) is 4.01. The fraction of sp³-hybridized carbons (Fsp3) is 0.320. The van der Waals surface area contributed by atoms with E-state index in [9.17, 15) is 4.79 Å². The van der Waals surface area contributed by atoms with E-state index in [1.165, 1.54) is 5.56 Å². The van der Waals surface area contributed by atoms with Crippen molar-refractivity contribution in [2.24, 2.45) is 5.92 Å². The van der Waals surface area contributed by atoms with Crippen LogP contribution in [0, 0.1) is 5.92 Å². The lowest BCUT2D eigenvalue weighted by molar-refractivity contribution is 0.0672. The van der Waals surface area contributed by atoms with Gasteiger partial charge in [0.2, 0.25) is 0 Å². The molecule has 160 valence electrons. The lowest BCUT2D eigenvalue weighted by Gasteiger charge is -2.33. The van der Waals surface area contributed by atoms with E-state index in [0.717, 1.165) is 38.0 Å². The Morgan fingerprint density at radius 1 is 1.13 bits per heavy atom. The first-order chi connectivity index (χ1) is 15.2. The van der Waals surface area contributed by atoms with Crippen molar-refractivity contribution in [3.05, 3.63) is 83.9 Å². The second-order valence-corrected chi connectivity index (χ2v) is 7.80. The number of likely N-dealkylation sites (tertiary alicyclic amines) is 1. The minimum atomic E-state index is 0.0289. The van der Waals surface area contributed by atoms with Gasteiger partial charge in [0.05, 0.1) is 12.8 Å². The quantitative estimate of drug-likeness (QED) is 0.578. The maximum Gasteiger partial charge on any atom is 0.254 e. The summed E-state index contributed by atoms with van der Waals surface area (Å²) >= 11 is 0. The van der Waals surface area contributed by atoms with Gasteiger partial charge in [0.1, 0.15) is 6.61 Å². The van der Waals surface area contributed by atoms with E-state index < -0.39 is 0 Å². The highest BCUT2D eigenvalue weighted by Crippen LogP contribution is 2.30. The lowest BCUT2D eigenvalue weighted by Crippen LogP contribution is -2.40. The highest BCUT2D eigenvalue weighted by molar-refractivity contribution is 5.95. The van der Waals surface area contributed by atoms with E-state index in [1.807, 2.05) is 35.4 Å². The topological polar surface area (TPSA) is 64.5 Å². The first-order valence-electron chi connectivity index (χ1n) is 10.6. The molecule has 0 saturated carbocycles. The van der Waals surface area contributed by atoms with Crippen LogP contribution in [0.25, 0.3) is 0 Å². The number of ether oxygens (including phenoxy) is 2. The number of aromatic nitrogens is 2. The van der Waals surface area contributed by atoms with Crippen molar-refractivity contribution in [3.8, 4) is 11.5 Å². The molecule has 0 aliphatic carbocycles. The molecule has 3 heterocycles. The fourth-order valence-corrected chi connectivity index (χ4v) is 4.01. The van der Waals surface area contributed by atoms with Gasteiger partial charge in [0.15, 0.2) is 11.5 Å². The number of hydrogen-bond acceptors (Lipinski definition) is 5. The van der Waals surface area contributed by atoms with Gasteiger partial charge in [-0.15, -0.1) is 0 Å². The van der Waals surface area contributed by atoms with Gasteiger partial charge < -0.3 is 14.4 Å². The molecule has 6 nitrogen and oxygen atoms in total. The molecular weight excluding hydrogens is 390 g/mol. The number of amides is 1. The molecule has 1 aliphatic heterocycles. The van der Waals surface area contributed by atoms with Gasteiger partial charge in [0, 0.05) is 37.2 Å². The maximum atomic E-state index is 13.2. The van der Waals surface area contributed by atoms with Crippen LogP contribution in [-0.2, 0) is 13.0 Å². The molecule has 0 unspecified atom stereocenters. The highest BCUT2D eigenvalue weighted by Gasteiger charge is 2.25. The van der Waals surface area contributed by atoms with E-state index in [2.05, 4.69) is 16.0 Å². The Hall–Kier alpha value is -3.41. The average molecular weight is 418 g/mol. The number of methoxy groups -OCH3 is 1. The summed E-state index contributed by atoms with van der Waals surface area (Å²) in [6, 6.07) is 15.1. The molecule has 31 heavy (non-hydrogen) atoms. The Kier molecular flexibility index (Phi) is 6.77. The van der Waals surface area contributed by atoms with Crippen LogP contribution in [0.4, 0.5) is 0 Å². The van der Waals surface area contributed by atoms with Gasteiger partial charge in [0.25, 0.3) is 5.91 Å². The summed E-state index contributed by atoms with van der Waals surface area (Å²) < 4.78 is 11.3. The number of pyridine rings is 2. The summed E-state index contributed by atoms with van der Waals surface area (Å²) in [4.78, 5) is 23.7. The summed E-state index contributed by atoms with van der Waals surface area (Å²) in [6.07, 6.45) is 8.51. The van der Waals surface area contributed by atoms with Crippen molar-refractivity contribution in [2.45, 2.75) is 25.9 Å². The smallest absolute Gasteiger partial charge is 0.254 e. The number of carbonyl (C=O) groups is 1. The van der Waals surface area contributed by atoms with Crippen molar-refractivity contribution in [3.63, 3.8) is 0 Å². The van der Waals surface area contributed by atoms with Gasteiger partial charge in [-0.1, -0.05) is 12.1 Å². The molecule has 1 aliphatic rings. The van der Waals surface area contributed by atoms with Gasteiger partial charge in [-0.25, -0.2) is 0 Å². The molecule has 1 fully saturated rings. The molecule has 0 bridgehead atoms. The number of benzene rings is 1. The Morgan fingerprint density at radius 2 is 2.06 bits per heavy atom. The van der Waals surface area contributed by atoms with E-state index in [-0.39, 0.29) is 5.91 Å². The van der Waals surface area contributed by atoms with Crippen molar-refractivity contribution >= 4 is 5.91 Å². The van der Waals surface area contributed by atoms with Crippen molar-refractivity contribution < 1.29 is 14.3 Å². The molecular formula is C25H27N3O3. The zero-order valence-electron chi connectivity index (χ0n) is 17.7. The van der Waals surface area contributed by atoms with Crippen molar-refractivity contribution in [2.75, 3.05) is 20.2 Å². The molecule has 3 aromatic rings. The SMILES string of the molecule is COc1ccc(C(=O)N2CCC[C@@H](Cc3cccnc3)C2)cc1OCc1ccccn1. The zero-order valence-corrected chi connectivity index (χ0v) is 17.7. The second kappa shape index (κ2) is 10.1. The molecule has 0 radical (unpaired) electrons. The summed E-state index contributed by atoms with van der Waals surface area (Å²) in [5, 5.41) is 0. The first-order valence-corrected chi connectivity index (χ1v) is 10.6. The van der Waals surface area contributed by atoms with Crippen LogP contribution in [0.2, 0.25) is 0 Å². The third kappa shape index (κ3) is 5.40. The Bertz CT molecular complexity index is 995.